The lowest BCUT2D eigenvalue weighted by atomic mass is 10.0. The van der Waals surface area contributed by atoms with Crippen molar-refractivity contribution < 1.29 is 9.53 Å². The maximum atomic E-state index is 12.6. The van der Waals surface area contributed by atoms with E-state index in [1.165, 1.54) is 0 Å². The van der Waals surface area contributed by atoms with Crippen LogP contribution in [0.3, 0.4) is 0 Å². The van der Waals surface area contributed by atoms with Crippen LogP contribution in [0.15, 0.2) is 77.7 Å². The predicted octanol–water partition coefficient (Wildman–Crippen LogP) is 5.17. The number of esters is 1. The number of carbonyl (C=O) groups is 1. The smallest absolute Gasteiger partial charge is 0.326 e. The Morgan fingerprint density at radius 3 is 2.34 bits per heavy atom. The van der Waals surface area contributed by atoms with Crippen molar-refractivity contribution in [1.29, 1.82) is 0 Å². The fraction of sp³-hybridized carbons (Fsp3) is 0.259. The Labute approximate surface area is 187 Å². The van der Waals surface area contributed by atoms with Crippen molar-refractivity contribution in [2.24, 2.45) is 0 Å². The van der Waals surface area contributed by atoms with E-state index in [-0.39, 0.29) is 18.1 Å². The third-order valence-corrected chi connectivity index (χ3v) is 5.41. The van der Waals surface area contributed by atoms with Gasteiger partial charge in [0.15, 0.2) is 0 Å². The second-order valence-electron chi connectivity index (χ2n) is 9.02. The van der Waals surface area contributed by atoms with Crippen LogP contribution in [0.4, 0.5) is 0 Å². The van der Waals surface area contributed by atoms with Gasteiger partial charge in [-0.25, -0.2) is 0 Å². The van der Waals surface area contributed by atoms with Crippen LogP contribution in [0, 0.1) is 6.92 Å². The Morgan fingerprint density at radius 1 is 0.938 bits per heavy atom. The summed E-state index contributed by atoms with van der Waals surface area (Å²) < 4.78 is 9.27. The summed E-state index contributed by atoms with van der Waals surface area (Å²) in [7, 11) is 0. The van der Waals surface area contributed by atoms with Gasteiger partial charge in [-0.1, -0.05) is 48.5 Å². The van der Waals surface area contributed by atoms with Crippen molar-refractivity contribution in [3.8, 4) is 11.1 Å². The first-order valence-electron chi connectivity index (χ1n) is 10.8. The maximum absolute atomic E-state index is 12.6. The number of para-hydroxylation sites is 1. The molecule has 0 aliphatic heterocycles. The monoisotopic (exact) mass is 428 g/mol. The second kappa shape index (κ2) is 8.50. The number of aromatic nitrogens is 2. The van der Waals surface area contributed by atoms with Crippen LogP contribution in [-0.4, -0.2) is 20.7 Å². The Kier molecular flexibility index (Phi) is 5.74. The highest BCUT2D eigenvalue weighted by molar-refractivity contribution is 5.98. The predicted molar refractivity (Wildman–Crippen MR) is 128 cm³/mol. The number of nitrogens with zero attached hydrogens (tertiary/aromatic N) is 2. The lowest BCUT2D eigenvalue weighted by Crippen LogP contribution is -2.26. The van der Waals surface area contributed by atoms with E-state index in [2.05, 4.69) is 6.07 Å². The zero-order valence-corrected chi connectivity index (χ0v) is 19.0. The van der Waals surface area contributed by atoms with E-state index < -0.39 is 5.60 Å². The van der Waals surface area contributed by atoms with Gasteiger partial charge in [0.1, 0.15) is 12.1 Å². The van der Waals surface area contributed by atoms with Gasteiger partial charge in [-0.3, -0.25) is 9.59 Å². The summed E-state index contributed by atoms with van der Waals surface area (Å²) in [6.45, 7) is 8.25. The molecule has 4 aromatic rings. The van der Waals surface area contributed by atoms with Crippen LogP contribution in [0.5, 0.6) is 0 Å². The number of hydrogen-bond acceptors (Lipinski definition) is 3. The molecule has 0 N–H and O–H groups in total. The van der Waals surface area contributed by atoms with E-state index in [0.717, 1.165) is 33.3 Å². The first-order valence-corrected chi connectivity index (χ1v) is 10.8. The third kappa shape index (κ3) is 4.52. The number of rotatable bonds is 5. The summed E-state index contributed by atoms with van der Waals surface area (Å²) >= 11 is 0. The van der Waals surface area contributed by atoms with E-state index in [9.17, 15) is 9.59 Å². The molecule has 2 aromatic heterocycles. The molecule has 0 saturated heterocycles. The zero-order chi connectivity index (χ0) is 22.9. The molecule has 0 aliphatic rings. The van der Waals surface area contributed by atoms with Gasteiger partial charge in [-0.05, 0) is 45.4 Å². The largest absolute Gasteiger partial charge is 0.459 e. The highest BCUT2D eigenvalue weighted by atomic mass is 16.6. The molecule has 0 atom stereocenters. The topological polar surface area (TPSA) is 53.2 Å². The molecular formula is C27H28N2O3. The summed E-state index contributed by atoms with van der Waals surface area (Å²) in [4.78, 5) is 25.1. The minimum absolute atomic E-state index is 0.0484. The maximum Gasteiger partial charge on any atom is 0.326 e. The average molecular weight is 429 g/mol. The summed E-state index contributed by atoms with van der Waals surface area (Å²) in [5.74, 6) is -0.276. The van der Waals surface area contributed by atoms with Gasteiger partial charge in [0, 0.05) is 40.0 Å². The molecule has 0 spiro atoms. The molecule has 0 radical (unpaired) electrons. The van der Waals surface area contributed by atoms with Gasteiger partial charge in [0.2, 0.25) is 0 Å². The van der Waals surface area contributed by atoms with Crippen molar-refractivity contribution in [3.63, 3.8) is 0 Å². The Bertz CT molecular complexity index is 1320. The van der Waals surface area contributed by atoms with Gasteiger partial charge in [0.05, 0.1) is 6.54 Å². The van der Waals surface area contributed by atoms with Gasteiger partial charge in [-0.15, -0.1) is 0 Å². The summed E-state index contributed by atoms with van der Waals surface area (Å²) in [5.41, 5.74) is 4.37. The van der Waals surface area contributed by atoms with Crippen molar-refractivity contribution in [1.82, 2.24) is 9.13 Å². The van der Waals surface area contributed by atoms with Crippen LogP contribution in [-0.2, 0) is 22.6 Å². The lowest BCUT2D eigenvalue weighted by molar-refractivity contribution is -0.155. The number of hydrogen-bond donors (Lipinski definition) is 0. The third-order valence-electron chi connectivity index (χ3n) is 5.41. The minimum Gasteiger partial charge on any atom is -0.459 e. The van der Waals surface area contributed by atoms with Crippen LogP contribution in [0.1, 0.15) is 32.0 Å². The van der Waals surface area contributed by atoms with Crippen LogP contribution in [0.25, 0.3) is 22.0 Å². The van der Waals surface area contributed by atoms with Gasteiger partial charge >= 0.3 is 5.97 Å². The molecule has 2 heterocycles. The molecule has 32 heavy (non-hydrogen) atoms. The molecule has 0 bridgehead atoms. The standard InChI is InChI=1S/C27H28N2O3/c1-19-26(21-14-15-24(30)28(17-21)16-20-10-6-5-7-11-20)22-12-8-9-13-23(22)29(19)18-25(31)32-27(2,3)4/h5-15,17H,16,18H2,1-4H3. The fourth-order valence-corrected chi connectivity index (χ4v) is 4.08. The first-order chi connectivity index (χ1) is 15.2. The lowest BCUT2D eigenvalue weighted by Gasteiger charge is -2.20. The SMILES string of the molecule is Cc1c(-c2ccc(=O)n(Cc3ccccc3)c2)c2ccccc2n1CC(=O)OC(C)(C)C. The first kappa shape index (κ1) is 21.6. The van der Waals surface area contributed by atoms with E-state index >= 15 is 0 Å². The van der Waals surface area contributed by atoms with Crippen molar-refractivity contribution >= 4 is 16.9 Å². The number of ether oxygens (including phenoxy) is 1. The molecule has 0 amide bonds. The van der Waals surface area contributed by atoms with Crippen molar-refractivity contribution in [2.75, 3.05) is 0 Å². The Morgan fingerprint density at radius 2 is 1.62 bits per heavy atom. The number of fused-ring (bicyclic) bond motifs is 1. The van der Waals surface area contributed by atoms with Crippen LogP contribution >= 0.6 is 0 Å². The van der Waals surface area contributed by atoms with Crippen LogP contribution < -0.4 is 5.56 Å². The van der Waals surface area contributed by atoms with Crippen molar-refractivity contribution in [3.05, 3.63) is 94.5 Å². The van der Waals surface area contributed by atoms with E-state index in [1.807, 2.05) is 93.1 Å². The molecule has 0 aliphatic carbocycles. The number of benzene rings is 2. The van der Waals surface area contributed by atoms with Gasteiger partial charge in [-0.2, -0.15) is 0 Å². The molecule has 2 aromatic carbocycles. The number of carbonyl (C=O) groups excluding carboxylic acids is 1. The van der Waals surface area contributed by atoms with Gasteiger partial charge < -0.3 is 13.9 Å². The average Bonchev–Trinajstić information content (AvgIpc) is 3.01. The Balaban J connectivity index is 1.78. The summed E-state index contributed by atoms with van der Waals surface area (Å²) in [6.07, 6.45) is 1.90. The second-order valence-corrected chi connectivity index (χ2v) is 9.02. The fourth-order valence-electron chi connectivity index (χ4n) is 4.08. The molecule has 5 heteroatoms. The zero-order valence-electron chi connectivity index (χ0n) is 19.0. The summed E-state index contributed by atoms with van der Waals surface area (Å²) in [6, 6.07) is 21.4. The molecule has 4 rings (SSSR count). The molecule has 164 valence electrons. The minimum atomic E-state index is -0.538. The highest BCUT2D eigenvalue weighted by Crippen LogP contribution is 2.34. The molecular weight excluding hydrogens is 400 g/mol. The van der Waals surface area contributed by atoms with Crippen molar-refractivity contribution in [2.45, 2.75) is 46.4 Å². The molecule has 0 saturated carbocycles. The molecule has 5 nitrogen and oxygen atoms in total. The summed E-state index contributed by atoms with van der Waals surface area (Å²) in [5, 5.41) is 1.04. The quantitative estimate of drug-likeness (QED) is 0.412. The normalized spacial score (nSPS) is 11.6. The molecule has 0 fully saturated rings. The Hall–Kier alpha value is -3.60. The van der Waals surface area contributed by atoms with E-state index in [0.29, 0.717) is 6.54 Å². The van der Waals surface area contributed by atoms with E-state index in [1.54, 1.807) is 10.6 Å². The van der Waals surface area contributed by atoms with Gasteiger partial charge in [0.25, 0.3) is 5.56 Å². The van der Waals surface area contributed by atoms with Crippen LogP contribution in [0.2, 0.25) is 0 Å². The number of pyridine rings is 1. The molecule has 0 unspecified atom stereocenters. The highest BCUT2D eigenvalue weighted by Gasteiger charge is 2.21. The van der Waals surface area contributed by atoms with E-state index in [4.69, 9.17) is 4.74 Å².